The van der Waals surface area contributed by atoms with Crippen molar-refractivity contribution in [3.05, 3.63) is 0 Å². The third-order valence-electron chi connectivity index (χ3n) is 4.62. The highest BCUT2D eigenvalue weighted by atomic mass is 16.5. The standard InChI is InChI=1S/C14H26N2O2/c1-11-9-16(12-6-4-5-7-12)13(10-15(11)2)8-14(17)18-3/h11-13H,4-10H2,1-3H3. The van der Waals surface area contributed by atoms with Gasteiger partial charge in [-0.2, -0.15) is 0 Å². The summed E-state index contributed by atoms with van der Waals surface area (Å²) in [6, 6.07) is 1.61. The average molecular weight is 254 g/mol. The first-order chi connectivity index (χ1) is 8.61. The van der Waals surface area contributed by atoms with Gasteiger partial charge in [-0.05, 0) is 26.8 Å². The normalized spacial score (nSPS) is 31.7. The Balaban J connectivity index is 2.03. The smallest absolute Gasteiger partial charge is 0.307 e. The molecule has 2 atom stereocenters. The molecule has 0 amide bonds. The molecule has 4 nitrogen and oxygen atoms in total. The molecule has 0 radical (unpaired) electrons. The molecular formula is C14H26N2O2. The minimum atomic E-state index is -0.0778. The van der Waals surface area contributed by atoms with Crippen LogP contribution in [0.1, 0.15) is 39.0 Å². The van der Waals surface area contributed by atoms with Crippen molar-refractivity contribution in [2.75, 3.05) is 27.2 Å². The predicted molar refractivity (Wildman–Crippen MR) is 71.5 cm³/mol. The lowest BCUT2D eigenvalue weighted by Gasteiger charge is -2.46. The van der Waals surface area contributed by atoms with Crippen molar-refractivity contribution in [2.24, 2.45) is 0 Å². The van der Waals surface area contributed by atoms with Crippen LogP contribution in [0.5, 0.6) is 0 Å². The summed E-state index contributed by atoms with van der Waals surface area (Å²) in [5, 5.41) is 0. The number of carbonyl (C=O) groups is 1. The second-order valence-corrected chi connectivity index (χ2v) is 5.86. The SMILES string of the molecule is COC(=O)CC1CN(C)C(C)CN1C1CCCC1. The third-order valence-corrected chi connectivity index (χ3v) is 4.62. The van der Waals surface area contributed by atoms with E-state index in [-0.39, 0.29) is 5.97 Å². The van der Waals surface area contributed by atoms with Crippen molar-refractivity contribution in [1.82, 2.24) is 9.80 Å². The maximum absolute atomic E-state index is 11.6. The predicted octanol–water partition coefficient (Wildman–Crippen LogP) is 1.50. The van der Waals surface area contributed by atoms with Crippen LogP contribution in [-0.2, 0) is 9.53 Å². The van der Waals surface area contributed by atoms with Crippen molar-refractivity contribution in [3.63, 3.8) is 0 Å². The van der Waals surface area contributed by atoms with Gasteiger partial charge in [0.05, 0.1) is 13.5 Å². The quantitative estimate of drug-likeness (QED) is 0.715. The topological polar surface area (TPSA) is 32.8 Å². The summed E-state index contributed by atoms with van der Waals surface area (Å²) >= 11 is 0. The third kappa shape index (κ3) is 3.04. The van der Waals surface area contributed by atoms with Crippen molar-refractivity contribution >= 4 is 5.97 Å². The van der Waals surface area contributed by atoms with E-state index in [9.17, 15) is 4.79 Å². The summed E-state index contributed by atoms with van der Waals surface area (Å²) in [5.41, 5.74) is 0. The highest BCUT2D eigenvalue weighted by Crippen LogP contribution is 2.29. The Morgan fingerprint density at radius 1 is 1.28 bits per heavy atom. The number of methoxy groups -OCH3 is 1. The number of hydrogen-bond donors (Lipinski definition) is 0. The van der Waals surface area contributed by atoms with Gasteiger partial charge in [-0.3, -0.25) is 9.69 Å². The van der Waals surface area contributed by atoms with Crippen LogP contribution < -0.4 is 0 Å². The van der Waals surface area contributed by atoms with Crippen LogP contribution in [0.2, 0.25) is 0 Å². The molecule has 0 aromatic heterocycles. The van der Waals surface area contributed by atoms with Gasteiger partial charge in [0, 0.05) is 31.2 Å². The van der Waals surface area contributed by atoms with Crippen molar-refractivity contribution in [2.45, 2.75) is 57.2 Å². The number of likely N-dealkylation sites (N-methyl/N-ethyl adjacent to an activating group) is 1. The molecule has 1 aliphatic carbocycles. The summed E-state index contributed by atoms with van der Waals surface area (Å²) in [7, 11) is 3.64. The van der Waals surface area contributed by atoms with E-state index in [1.807, 2.05) is 0 Å². The van der Waals surface area contributed by atoms with Crippen molar-refractivity contribution < 1.29 is 9.53 Å². The lowest BCUT2D eigenvalue weighted by atomic mass is 10.0. The summed E-state index contributed by atoms with van der Waals surface area (Å²) in [6.07, 6.45) is 5.82. The fraction of sp³-hybridized carbons (Fsp3) is 0.929. The van der Waals surface area contributed by atoms with Crippen LogP contribution >= 0.6 is 0 Å². The molecule has 1 saturated carbocycles. The largest absolute Gasteiger partial charge is 0.469 e. The first-order valence-electron chi connectivity index (χ1n) is 7.14. The van der Waals surface area contributed by atoms with Crippen LogP contribution in [0.4, 0.5) is 0 Å². The van der Waals surface area contributed by atoms with E-state index in [4.69, 9.17) is 4.74 Å². The lowest BCUT2D eigenvalue weighted by Crippen LogP contribution is -2.59. The molecule has 2 fully saturated rings. The fourth-order valence-electron chi connectivity index (χ4n) is 3.35. The van der Waals surface area contributed by atoms with Crippen molar-refractivity contribution in [1.29, 1.82) is 0 Å². The zero-order chi connectivity index (χ0) is 13.1. The number of carbonyl (C=O) groups excluding carboxylic acids is 1. The molecule has 4 heteroatoms. The molecule has 1 saturated heterocycles. The molecule has 0 spiro atoms. The summed E-state index contributed by atoms with van der Waals surface area (Å²) in [5.74, 6) is -0.0778. The van der Waals surface area contributed by atoms with Gasteiger partial charge in [0.25, 0.3) is 0 Å². The Morgan fingerprint density at radius 2 is 1.94 bits per heavy atom. The van der Waals surface area contributed by atoms with Gasteiger partial charge >= 0.3 is 5.97 Å². The minimum Gasteiger partial charge on any atom is -0.469 e. The number of rotatable bonds is 3. The maximum Gasteiger partial charge on any atom is 0.307 e. The molecule has 0 aromatic rings. The second-order valence-electron chi connectivity index (χ2n) is 5.86. The Morgan fingerprint density at radius 3 is 2.56 bits per heavy atom. The van der Waals surface area contributed by atoms with E-state index >= 15 is 0 Å². The average Bonchev–Trinajstić information content (AvgIpc) is 2.87. The first kappa shape index (κ1) is 13.8. The molecule has 18 heavy (non-hydrogen) atoms. The van der Waals surface area contributed by atoms with E-state index < -0.39 is 0 Å². The number of ether oxygens (including phenoxy) is 1. The summed E-state index contributed by atoms with van der Waals surface area (Å²) < 4.78 is 4.84. The fourth-order valence-corrected chi connectivity index (χ4v) is 3.35. The van der Waals surface area contributed by atoms with Gasteiger partial charge < -0.3 is 9.64 Å². The van der Waals surface area contributed by atoms with E-state index in [0.29, 0.717) is 24.5 Å². The number of nitrogens with zero attached hydrogens (tertiary/aromatic N) is 2. The van der Waals surface area contributed by atoms with Gasteiger partial charge in [0.1, 0.15) is 0 Å². The van der Waals surface area contributed by atoms with E-state index in [1.54, 1.807) is 0 Å². The molecule has 2 aliphatic rings. The molecule has 2 unspecified atom stereocenters. The molecule has 2 rings (SSSR count). The summed E-state index contributed by atoms with van der Waals surface area (Å²) in [6.45, 7) is 4.34. The van der Waals surface area contributed by atoms with Gasteiger partial charge in [-0.15, -0.1) is 0 Å². The van der Waals surface area contributed by atoms with Gasteiger partial charge in [0.15, 0.2) is 0 Å². The molecule has 0 aromatic carbocycles. The Labute approximate surface area is 110 Å². The van der Waals surface area contributed by atoms with E-state index in [1.165, 1.54) is 32.8 Å². The molecule has 1 aliphatic heterocycles. The zero-order valence-electron chi connectivity index (χ0n) is 11.9. The van der Waals surface area contributed by atoms with Gasteiger partial charge in [-0.25, -0.2) is 0 Å². The monoisotopic (exact) mass is 254 g/mol. The second kappa shape index (κ2) is 6.02. The highest BCUT2D eigenvalue weighted by Gasteiger charge is 2.36. The minimum absolute atomic E-state index is 0.0778. The molecule has 104 valence electrons. The maximum atomic E-state index is 11.6. The molecule has 0 N–H and O–H groups in total. The Hall–Kier alpha value is -0.610. The van der Waals surface area contributed by atoms with E-state index in [2.05, 4.69) is 23.8 Å². The van der Waals surface area contributed by atoms with Gasteiger partial charge in [0.2, 0.25) is 0 Å². The highest BCUT2D eigenvalue weighted by molar-refractivity contribution is 5.70. The van der Waals surface area contributed by atoms with E-state index in [0.717, 1.165) is 13.1 Å². The number of piperazine rings is 1. The molecule has 1 heterocycles. The van der Waals surface area contributed by atoms with Crippen molar-refractivity contribution in [3.8, 4) is 0 Å². The summed E-state index contributed by atoms with van der Waals surface area (Å²) in [4.78, 5) is 16.5. The lowest BCUT2D eigenvalue weighted by molar-refractivity contribution is -0.143. The van der Waals surface area contributed by atoms with Crippen LogP contribution in [0.25, 0.3) is 0 Å². The first-order valence-corrected chi connectivity index (χ1v) is 7.14. The number of hydrogen-bond acceptors (Lipinski definition) is 4. The molecule has 0 bridgehead atoms. The Bertz CT molecular complexity index is 290. The van der Waals surface area contributed by atoms with Crippen LogP contribution in [-0.4, -0.2) is 61.1 Å². The van der Waals surface area contributed by atoms with Gasteiger partial charge in [-0.1, -0.05) is 12.8 Å². The van der Waals surface area contributed by atoms with Crippen LogP contribution in [0, 0.1) is 0 Å². The zero-order valence-corrected chi connectivity index (χ0v) is 11.9. The molecular weight excluding hydrogens is 228 g/mol. The van der Waals surface area contributed by atoms with Crippen LogP contribution in [0.15, 0.2) is 0 Å². The number of esters is 1. The van der Waals surface area contributed by atoms with Crippen LogP contribution in [0.3, 0.4) is 0 Å². The Kier molecular flexibility index (Phi) is 4.62.